The maximum atomic E-state index is 12.6. The van der Waals surface area contributed by atoms with Crippen molar-refractivity contribution >= 4 is 29.4 Å². The van der Waals surface area contributed by atoms with Crippen molar-refractivity contribution in [3.8, 4) is 0 Å². The molecule has 28 heavy (non-hydrogen) atoms. The van der Waals surface area contributed by atoms with Crippen molar-refractivity contribution in [3.63, 3.8) is 0 Å². The van der Waals surface area contributed by atoms with E-state index in [0.29, 0.717) is 19.4 Å². The Morgan fingerprint density at radius 3 is 2.43 bits per heavy atom. The SMILES string of the molecule is C[C@@H](C(=O)OCC(=O)N1CCc2ccccc21)N1C(=O)[C@H]2CC=CC[C@H]2C1=O. The van der Waals surface area contributed by atoms with E-state index in [0.717, 1.165) is 22.6 Å². The Bertz CT molecular complexity index is 851. The number of carbonyl (C=O) groups excluding carboxylic acids is 4. The van der Waals surface area contributed by atoms with Crippen LogP contribution in [-0.2, 0) is 30.3 Å². The number of amides is 3. The summed E-state index contributed by atoms with van der Waals surface area (Å²) in [7, 11) is 0. The Kier molecular flexibility index (Phi) is 4.75. The first-order valence-electron chi connectivity index (χ1n) is 9.56. The number of fused-ring (bicyclic) bond motifs is 2. The van der Waals surface area contributed by atoms with Crippen LogP contribution in [0.1, 0.15) is 25.3 Å². The van der Waals surface area contributed by atoms with Gasteiger partial charge in [-0.3, -0.25) is 19.3 Å². The smallest absolute Gasteiger partial charge is 0.329 e. The van der Waals surface area contributed by atoms with Gasteiger partial charge in [-0.2, -0.15) is 0 Å². The van der Waals surface area contributed by atoms with Crippen LogP contribution in [0.2, 0.25) is 0 Å². The molecule has 0 radical (unpaired) electrons. The molecular weight excluding hydrogens is 360 g/mol. The lowest BCUT2D eigenvalue weighted by atomic mass is 9.85. The van der Waals surface area contributed by atoms with Crippen molar-refractivity contribution in [2.75, 3.05) is 18.1 Å². The molecule has 7 nitrogen and oxygen atoms in total. The fourth-order valence-electron chi connectivity index (χ4n) is 4.24. The molecule has 0 N–H and O–H groups in total. The number of hydrogen-bond donors (Lipinski definition) is 0. The third-order valence-electron chi connectivity index (χ3n) is 5.80. The quantitative estimate of drug-likeness (QED) is 0.447. The second kappa shape index (κ2) is 7.22. The minimum Gasteiger partial charge on any atom is -0.454 e. The molecule has 1 fully saturated rings. The first-order valence-corrected chi connectivity index (χ1v) is 9.56. The monoisotopic (exact) mass is 382 g/mol. The predicted molar refractivity (Wildman–Crippen MR) is 100 cm³/mol. The number of ether oxygens (including phenoxy) is 1. The maximum Gasteiger partial charge on any atom is 0.329 e. The van der Waals surface area contributed by atoms with Crippen molar-refractivity contribution in [3.05, 3.63) is 42.0 Å². The molecule has 0 unspecified atom stereocenters. The average molecular weight is 382 g/mol. The van der Waals surface area contributed by atoms with Gasteiger partial charge in [-0.25, -0.2) is 4.79 Å². The Morgan fingerprint density at radius 1 is 1.11 bits per heavy atom. The number of benzene rings is 1. The summed E-state index contributed by atoms with van der Waals surface area (Å²) in [6.45, 7) is 1.60. The van der Waals surface area contributed by atoms with Gasteiger partial charge in [-0.1, -0.05) is 30.4 Å². The van der Waals surface area contributed by atoms with Gasteiger partial charge >= 0.3 is 5.97 Å². The molecule has 1 aliphatic carbocycles. The minimum absolute atomic E-state index is 0.317. The number of likely N-dealkylation sites (tertiary alicyclic amines) is 1. The largest absolute Gasteiger partial charge is 0.454 e. The van der Waals surface area contributed by atoms with Gasteiger partial charge in [-0.05, 0) is 37.8 Å². The number of anilines is 1. The molecule has 1 aromatic carbocycles. The maximum absolute atomic E-state index is 12.6. The van der Waals surface area contributed by atoms with E-state index < -0.39 is 30.5 Å². The lowest BCUT2D eigenvalue weighted by Gasteiger charge is -2.22. The molecule has 3 atom stereocenters. The Labute approximate surface area is 162 Å². The Morgan fingerprint density at radius 2 is 1.75 bits per heavy atom. The van der Waals surface area contributed by atoms with Crippen molar-refractivity contribution in [2.24, 2.45) is 11.8 Å². The van der Waals surface area contributed by atoms with Gasteiger partial charge in [0.2, 0.25) is 11.8 Å². The van der Waals surface area contributed by atoms with Crippen LogP contribution >= 0.6 is 0 Å². The number of para-hydroxylation sites is 1. The van der Waals surface area contributed by atoms with Crippen LogP contribution < -0.4 is 4.90 Å². The van der Waals surface area contributed by atoms with Gasteiger partial charge in [0.1, 0.15) is 6.04 Å². The second-order valence-corrected chi connectivity index (χ2v) is 7.41. The molecule has 0 aromatic heterocycles. The summed E-state index contributed by atoms with van der Waals surface area (Å²) in [4.78, 5) is 52.7. The Hall–Kier alpha value is -2.96. The third-order valence-corrected chi connectivity index (χ3v) is 5.80. The first-order chi connectivity index (χ1) is 13.5. The van der Waals surface area contributed by atoms with Crippen molar-refractivity contribution in [1.29, 1.82) is 0 Å². The summed E-state index contributed by atoms with van der Waals surface area (Å²) >= 11 is 0. The number of esters is 1. The van der Waals surface area contributed by atoms with Gasteiger partial charge in [0.15, 0.2) is 6.61 Å². The van der Waals surface area contributed by atoms with E-state index in [1.807, 2.05) is 36.4 Å². The predicted octanol–water partition coefficient (Wildman–Crippen LogP) is 1.46. The number of nitrogens with zero attached hydrogens (tertiary/aromatic N) is 2. The summed E-state index contributed by atoms with van der Waals surface area (Å²) in [5.41, 5.74) is 1.91. The summed E-state index contributed by atoms with van der Waals surface area (Å²) in [6, 6.07) is 6.57. The molecule has 0 saturated carbocycles. The van der Waals surface area contributed by atoms with Gasteiger partial charge in [0.25, 0.3) is 5.91 Å². The topological polar surface area (TPSA) is 84.0 Å². The third kappa shape index (κ3) is 3.00. The van der Waals surface area contributed by atoms with E-state index in [-0.39, 0.29) is 17.7 Å². The lowest BCUT2D eigenvalue weighted by Crippen LogP contribution is -2.45. The number of imide groups is 1. The van der Waals surface area contributed by atoms with Crippen molar-refractivity contribution < 1.29 is 23.9 Å². The number of hydrogen-bond acceptors (Lipinski definition) is 5. The molecule has 7 heteroatoms. The van der Waals surface area contributed by atoms with E-state index in [9.17, 15) is 19.2 Å². The van der Waals surface area contributed by atoms with Gasteiger partial charge in [0, 0.05) is 12.2 Å². The summed E-state index contributed by atoms with van der Waals surface area (Å²) < 4.78 is 5.16. The molecule has 146 valence electrons. The molecule has 0 spiro atoms. The van der Waals surface area contributed by atoms with E-state index in [1.165, 1.54) is 6.92 Å². The van der Waals surface area contributed by atoms with Crippen LogP contribution in [0.15, 0.2) is 36.4 Å². The summed E-state index contributed by atoms with van der Waals surface area (Å²) in [6.07, 6.45) is 5.58. The average Bonchev–Trinajstić information content (AvgIpc) is 3.25. The van der Waals surface area contributed by atoms with Gasteiger partial charge in [-0.15, -0.1) is 0 Å². The number of carbonyl (C=O) groups is 4. The number of allylic oxidation sites excluding steroid dienone is 2. The lowest BCUT2D eigenvalue weighted by molar-refractivity contribution is -0.159. The zero-order valence-corrected chi connectivity index (χ0v) is 15.7. The van der Waals surface area contributed by atoms with Crippen LogP contribution in [0.3, 0.4) is 0 Å². The van der Waals surface area contributed by atoms with Crippen molar-refractivity contribution in [2.45, 2.75) is 32.2 Å². The van der Waals surface area contributed by atoms with E-state index in [1.54, 1.807) is 4.90 Å². The van der Waals surface area contributed by atoms with Crippen molar-refractivity contribution in [1.82, 2.24) is 4.90 Å². The molecule has 2 heterocycles. The Balaban J connectivity index is 1.37. The molecule has 3 amide bonds. The molecule has 0 bridgehead atoms. The number of rotatable bonds is 4. The van der Waals surface area contributed by atoms with Crippen LogP contribution in [0, 0.1) is 11.8 Å². The van der Waals surface area contributed by atoms with Gasteiger partial charge < -0.3 is 9.64 Å². The standard InChI is InChI=1S/C21H22N2O5/c1-13(23-19(25)15-7-3-4-8-16(15)20(23)26)21(27)28-12-18(24)22-11-10-14-6-2-5-9-17(14)22/h2-6,9,13,15-16H,7-8,10-12H2,1H3/t13-,15-,16+/m0/s1. The van der Waals surface area contributed by atoms with Crippen LogP contribution in [-0.4, -0.2) is 47.8 Å². The highest BCUT2D eigenvalue weighted by atomic mass is 16.5. The normalized spacial score (nSPS) is 24.2. The fourth-order valence-corrected chi connectivity index (χ4v) is 4.24. The molecule has 1 saturated heterocycles. The zero-order chi connectivity index (χ0) is 19.8. The minimum atomic E-state index is -1.04. The summed E-state index contributed by atoms with van der Waals surface area (Å²) in [5.74, 6) is -2.50. The fraction of sp³-hybridized carbons (Fsp3) is 0.429. The molecular formula is C21H22N2O5. The van der Waals surface area contributed by atoms with Gasteiger partial charge in [0.05, 0.1) is 11.8 Å². The zero-order valence-electron chi connectivity index (χ0n) is 15.7. The molecule has 4 rings (SSSR count). The highest BCUT2D eigenvalue weighted by Crippen LogP contribution is 2.36. The molecule has 1 aromatic rings. The van der Waals surface area contributed by atoms with E-state index >= 15 is 0 Å². The van der Waals surface area contributed by atoms with E-state index in [4.69, 9.17) is 4.74 Å². The highest BCUT2D eigenvalue weighted by Gasteiger charge is 2.50. The molecule has 3 aliphatic rings. The van der Waals surface area contributed by atoms with Crippen LogP contribution in [0.5, 0.6) is 0 Å². The van der Waals surface area contributed by atoms with Crippen LogP contribution in [0.25, 0.3) is 0 Å². The molecule has 2 aliphatic heterocycles. The summed E-state index contributed by atoms with van der Waals surface area (Å²) in [5, 5.41) is 0. The van der Waals surface area contributed by atoms with Crippen LogP contribution in [0.4, 0.5) is 5.69 Å². The van der Waals surface area contributed by atoms with E-state index in [2.05, 4.69) is 0 Å². The first kappa shape index (κ1) is 18.4. The second-order valence-electron chi connectivity index (χ2n) is 7.41. The highest BCUT2D eigenvalue weighted by molar-refractivity contribution is 6.08.